The van der Waals surface area contributed by atoms with Gasteiger partial charge in [-0.05, 0) is 25.9 Å². The zero-order valence-corrected chi connectivity index (χ0v) is 12.3. The molecule has 1 atom stereocenters. The van der Waals surface area contributed by atoms with Crippen LogP contribution in [0, 0.1) is 0 Å². The Bertz CT molecular complexity index is 443. The van der Waals surface area contributed by atoms with Crippen LogP contribution in [0.5, 0.6) is 0 Å². The van der Waals surface area contributed by atoms with Gasteiger partial charge in [-0.1, -0.05) is 13.8 Å². The third-order valence-electron chi connectivity index (χ3n) is 3.61. The molecule has 1 aliphatic carbocycles. The summed E-state index contributed by atoms with van der Waals surface area (Å²) in [5.41, 5.74) is 0.780. The molecular weight excluding hydrogens is 262 g/mol. The molecule has 5 nitrogen and oxygen atoms in total. The van der Waals surface area contributed by atoms with Gasteiger partial charge in [0.1, 0.15) is 5.92 Å². The first kappa shape index (κ1) is 14.3. The zero-order chi connectivity index (χ0) is 13.8. The van der Waals surface area contributed by atoms with E-state index in [1.165, 1.54) is 0 Å². The lowest BCUT2D eigenvalue weighted by molar-refractivity contribution is -0.138. The Labute approximate surface area is 117 Å². The first-order valence-corrected chi connectivity index (χ1v) is 7.66. The summed E-state index contributed by atoms with van der Waals surface area (Å²) in [6.45, 7) is 8.24. The van der Waals surface area contributed by atoms with Gasteiger partial charge in [-0.3, -0.25) is 4.79 Å². The van der Waals surface area contributed by atoms with Crippen molar-refractivity contribution in [2.75, 3.05) is 31.5 Å². The number of nitrogens with zero attached hydrogens (tertiary/aromatic N) is 2. The van der Waals surface area contributed by atoms with E-state index in [-0.39, 0.29) is 0 Å². The van der Waals surface area contributed by atoms with Crippen LogP contribution in [0.1, 0.15) is 36.8 Å². The van der Waals surface area contributed by atoms with E-state index in [1.54, 1.807) is 11.3 Å². The summed E-state index contributed by atoms with van der Waals surface area (Å²) in [6.07, 6.45) is 1.55. The van der Waals surface area contributed by atoms with Crippen molar-refractivity contribution in [2.24, 2.45) is 0 Å². The smallest absolute Gasteiger partial charge is 0.312 e. The van der Waals surface area contributed by atoms with Crippen molar-refractivity contribution >= 4 is 22.4 Å². The second-order valence-corrected chi connectivity index (χ2v) is 5.79. The minimum Gasteiger partial charge on any atom is -0.481 e. The standard InChI is InChI=1S/C13H21N3O2S/c1-3-16(4-2)8-7-14-13-15-11-9(12(17)18)5-6-10(11)19-13/h9H,3-8H2,1-2H3,(H,14,15)(H,17,18). The molecule has 19 heavy (non-hydrogen) atoms. The molecule has 0 aliphatic heterocycles. The zero-order valence-electron chi connectivity index (χ0n) is 11.5. The molecule has 0 aromatic carbocycles. The molecule has 0 fully saturated rings. The fourth-order valence-electron chi connectivity index (χ4n) is 2.40. The van der Waals surface area contributed by atoms with Crippen LogP contribution >= 0.6 is 11.3 Å². The normalized spacial score (nSPS) is 17.7. The van der Waals surface area contributed by atoms with Gasteiger partial charge in [0.2, 0.25) is 0 Å². The lowest BCUT2D eigenvalue weighted by Crippen LogP contribution is -2.28. The van der Waals surface area contributed by atoms with Gasteiger partial charge in [0.15, 0.2) is 5.13 Å². The molecule has 0 bridgehead atoms. The molecule has 1 aromatic rings. The number of carboxylic acids is 1. The highest BCUT2D eigenvalue weighted by Gasteiger charge is 2.32. The second kappa shape index (κ2) is 6.34. The summed E-state index contributed by atoms with van der Waals surface area (Å²) in [5, 5.41) is 13.3. The molecule has 0 amide bonds. The Kier molecular flexibility index (Phi) is 4.76. The predicted molar refractivity (Wildman–Crippen MR) is 77.1 cm³/mol. The van der Waals surface area contributed by atoms with Crippen molar-refractivity contribution in [3.05, 3.63) is 10.6 Å². The number of rotatable bonds is 7. The van der Waals surface area contributed by atoms with Gasteiger partial charge < -0.3 is 15.3 Å². The molecule has 0 saturated carbocycles. The maximum atomic E-state index is 11.1. The molecule has 1 heterocycles. The molecular formula is C13H21N3O2S. The monoisotopic (exact) mass is 283 g/mol. The first-order chi connectivity index (χ1) is 9.15. The third-order valence-corrected chi connectivity index (χ3v) is 4.70. The van der Waals surface area contributed by atoms with Crippen molar-refractivity contribution in [3.8, 4) is 0 Å². The second-order valence-electron chi connectivity index (χ2n) is 4.71. The van der Waals surface area contributed by atoms with Crippen molar-refractivity contribution in [3.63, 3.8) is 0 Å². The summed E-state index contributed by atoms with van der Waals surface area (Å²) >= 11 is 1.61. The maximum Gasteiger partial charge on any atom is 0.312 e. The van der Waals surface area contributed by atoms with Gasteiger partial charge in [-0.15, -0.1) is 11.3 Å². The van der Waals surface area contributed by atoms with Crippen LogP contribution in [0.4, 0.5) is 5.13 Å². The van der Waals surface area contributed by atoms with Gasteiger partial charge in [0, 0.05) is 18.0 Å². The SMILES string of the molecule is CCN(CC)CCNc1nc2c(s1)CCC2C(=O)O. The van der Waals surface area contributed by atoms with E-state index >= 15 is 0 Å². The van der Waals surface area contributed by atoms with Gasteiger partial charge in [0.25, 0.3) is 0 Å². The Morgan fingerprint density at radius 3 is 2.89 bits per heavy atom. The number of nitrogens with one attached hydrogen (secondary N) is 1. The van der Waals surface area contributed by atoms with E-state index in [0.717, 1.165) is 48.3 Å². The number of aromatic nitrogens is 1. The Morgan fingerprint density at radius 1 is 1.53 bits per heavy atom. The Morgan fingerprint density at radius 2 is 2.26 bits per heavy atom. The molecule has 2 N–H and O–H groups in total. The van der Waals surface area contributed by atoms with E-state index in [9.17, 15) is 4.79 Å². The average molecular weight is 283 g/mol. The van der Waals surface area contributed by atoms with Crippen molar-refractivity contribution in [2.45, 2.75) is 32.6 Å². The van der Waals surface area contributed by atoms with E-state index in [2.05, 4.69) is 29.0 Å². The minimum atomic E-state index is -0.751. The van der Waals surface area contributed by atoms with Gasteiger partial charge in [0.05, 0.1) is 5.69 Å². The highest BCUT2D eigenvalue weighted by molar-refractivity contribution is 7.15. The van der Waals surface area contributed by atoms with E-state index in [4.69, 9.17) is 5.11 Å². The van der Waals surface area contributed by atoms with Crippen LogP contribution in [0.15, 0.2) is 0 Å². The fraction of sp³-hybridized carbons (Fsp3) is 0.692. The molecule has 1 aliphatic rings. The highest BCUT2D eigenvalue weighted by atomic mass is 32.1. The molecule has 1 unspecified atom stereocenters. The highest BCUT2D eigenvalue weighted by Crippen LogP contribution is 2.38. The van der Waals surface area contributed by atoms with Crippen LogP contribution < -0.4 is 5.32 Å². The summed E-state index contributed by atoms with van der Waals surface area (Å²) in [4.78, 5) is 19.0. The summed E-state index contributed by atoms with van der Waals surface area (Å²) in [5.74, 6) is -1.15. The van der Waals surface area contributed by atoms with Crippen molar-refractivity contribution in [1.82, 2.24) is 9.88 Å². The summed E-state index contributed by atoms with van der Waals surface area (Å²) < 4.78 is 0. The lowest BCUT2D eigenvalue weighted by atomic mass is 10.1. The predicted octanol–water partition coefficient (Wildman–Crippen LogP) is 2.01. The number of hydrogen-bond donors (Lipinski definition) is 2. The number of carboxylic acid groups (broad SMARTS) is 1. The van der Waals surface area contributed by atoms with Crippen LogP contribution in [0.2, 0.25) is 0 Å². The maximum absolute atomic E-state index is 11.1. The fourth-order valence-corrected chi connectivity index (χ4v) is 3.47. The molecule has 2 rings (SSSR count). The lowest BCUT2D eigenvalue weighted by Gasteiger charge is -2.17. The van der Waals surface area contributed by atoms with Crippen molar-refractivity contribution < 1.29 is 9.90 Å². The molecule has 106 valence electrons. The van der Waals surface area contributed by atoms with Crippen molar-refractivity contribution in [1.29, 1.82) is 0 Å². The molecule has 0 spiro atoms. The number of anilines is 1. The number of carbonyl (C=O) groups is 1. The Hall–Kier alpha value is -1.14. The van der Waals surface area contributed by atoms with Crippen LogP contribution in [-0.2, 0) is 11.2 Å². The van der Waals surface area contributed by atoms with Crippen LogP contribution in [0.25, 0.3) is 0 Å². The van der Waals surface area contributed by atoms with Crippen LogP contribution in [-0.4, -0.2) is 47.1 Å². The van der Waals surface area contributed by atoms with E-state index in [1.807, 2.05) is 0 Å². The van der Waals surface area contributed by atoms with Gasteiger partial charge in [-0.25, -0.2) is 4.98 Å². The molecule has 6 heteroatoms. The van der Waals surface area contributed by atoms with E-state index < -0.39 is 11.9 Å². The number of hydrogen-bond acceptors (Lipinski definition) is 5. The third kappa shape index (κ3) is 3.25. The van der Waals surface area contributed by atoms with Crippen LogP contribution in [0.3, 0.4) is 0 Å². The quantitative estimate of drug-likeness (QED) is 0.801. The largest absolute Gasteiger partial charge is 0.481 e. The summed E-state index contributed by atoms with van der Waals surface area (Å²) in [7, 11) is 0. The Balaban J connectivity index is 1.90. The average Bonchev–Trinajstić information content (AvgIpc) is 2.93. The number of thiazole rings is 1. The minimum absolute atomic E-state index is 0.399. The molecule has 1 aromatic heterocycles. The van der Waals surface area contributed by atoms with E-state index in [0.29, 0.717) is 6.42 Å². The van der Waals surface area contributed by atoms with Gasteiger partial charge in [-0.2, -0.15) is 0 Å². The number of fused-ring (bicyclic) bond motifs is 1. The van der Waals surface area contributed by atoms with Gasteiger partial charge >= 0.3 is 5.97 Å². The topological polar surface area (TPSA) is 65.5 Å². The summed E-state index contributed by atoms with van der Waals surface area (Å²) in [6, 6.07) is 0. The number of aliphatic carboxylic acids is 1. The number of likely N-dealkylation sites (N-methyl/N-ethyl adjacent to an activating group) is 1. The molecule has 0 radical (unpaired) electrons. The first-order valence-electron chi connectivity index (χ1n) is 6.84. The molecule has 0 saturated heterocycles. The number of aryl methyl sites for hydroxylation is 1.